The van der Waals surface area contributed by atoms with Crippen LogP contribution < -0.4 is 10.6 Å². The largest absolute Gasteiger partial charge is 0.364 e. The molecule has 0 unspecified atom stereocenters. The molecule has 5 heteroatoms. The van der Waals surface area contributed by atoms with E-state index < -0.39 is 0 Å². The zero-order chi connectivity index (χ0) is 13.3. The highest BCUT2D eigenvalue weighted by molar-refractivity contribution is 5.39. The van der Waals surface area contributed by atoms with Gasteiger partial charge in [0.25, 0.3) is 0 Å². The van der Waals surface area contributed by atoms with Gasteiger partial charge in [-0.3, -0.25) is 4.98 Å². The van der Waals surface area contributed by atoms with Gasteiger partial charge in [-0.1, -0.05) is 19.4 Å². The zero-order valence-corrected chi connectivity index (χ0v) is 11.1. The molecule has 100 valence electrons. The molecule has 0 aliphatic rings. The molecule has 0 bridgehead atoms. The lowest BCUT2D eigenvalue weighted by molar-refractivity contribution is 0.826. The van der Waals surface area contributed by atoms with E-state index in [0.29, 0.717) is 12.5 Å². The van der Waals surface area contributed by atoms with Crippen molar-refractivity contribution in [1.29, 1.82) is 0 Å². The quantitative estimate of drug-likeness (QED) is 0.747. The topological polar surface area (TPSA) is 62.7 Å². The molecule has 0 aliphatic carbocycles. The minimum atomic E-state index is 0.659. The maximum atomic E-state index is 4.40. The average molecular weight is 257 g/mol. The summed E-state index contributed by atoms with van der Waals surface area (Å²) in [5.41, 5.74) is 0.988. The van der Waals surface area contributed by atoms with Crippen molar-refractivity contribution in [2.45, 2.75) is 26.3 Å². The SMILES string of the molecule is CCCCNc1nccc(NCc2ccccn2)n1. The molecule has 2 aromatic heterocycles. The van der Waals surface area contributed by atoms with Crippen LogP contribution in [0, 0.1) is 0 Å². The maximum Gasteiger partial charge on any atom is 0.224 e. The van der Waals surface area contributed by atoms with Crippen LogP contribution in [-0.2, 0) is 6.54 Å². The lowest BCUT2D eigenvalue weighted by atomic mass is 10.3. The van der Waals surface area contributed by atoms with Crippen molar-refractivity contribution < 1.29 is 0 Å². The van der Waals surface area contributed by atoms with Gasteiger partial charge in [0, 0.05) is 18.9 Å². The summed E-state index contributed by atoms with van der Waals surface area (Å²) in [5, 5.41) is 6.44. The van der Waals surface area contributed by atoms with E-state index >= 15 is 0 Å². The van der Waals surface area contributed by atoms with Gasteiger partial charge in [-0.2, -0.15) is 4.98 Å². The highest BCUT2D eigenvalue weighted by Gasteiger charge is 1.99. The molecule has 0 saturated carbocycles. The Morgan fingerprint density at radius 1 is 1.05 bits per heavy atom. The minimum absolute atomic E-state index is 0.659. The van der Waals surface area contributed by atoms with Crippen molar-refractivity contribution in [1.82, 2.24) is 15.0 Å². The monoisotopic (exact) mass is 257 g/mol. The Balaban J connectivity index is 1.88. The summed E-state index contributed by atoms with van der Waals surface area (Å²) in [4.78, 5) is 12.8. The van der Waals surface area contributed by atoms with Gasteiger partial charge in [-0.05, 0) is 24.6 Å². The molecule has 2 aromatic rings. The highest BCUT2D eigenvalue weighted by Crippen LogP contribution is 2.07. The first-order valence-electron chi connectivity index (χ1n) is 6.59. The molecule has 0 amide bonds. The van der Waals surface area contributed by atoms with Crippen LogP contribution in [0.4, 0.5) is 11.8 Å². The number of nitrogens with zero attached hydrogens (tertiary/aromatic N) is 3. The number of hydrogen-bond donors (Lipinski definition) is 2. The number of nitrogens with one attached hydrogen (secondary N) is 2. The Bertz CT molecular complexity index is 486. The lowest BCUT2D eigenvalue weighted by Crippen LogP contribution is -2.08. The Morgan fingerprint density at radius 2 is 2.00 bits per heavy atom. The van der Waals surface area contributed by atoms with Crippen molar-refractivity contribution in [2.75, 3.05) is 17.2 Å². The third-order valence-corrected chi connectivity index (χ3v) is 2.65. The number of anilines is 2. The molecule has 0 atom stereocenters. The van der Waals surface area contributed by atoms with Crippen LogP contribution >= 0.6 is 0 Å². The fourth-order valence-corrected chi connectivity index (χ4v) is 1.60. The van der Waals surface area contributed by atoms with Crippen molar-refractivity contribution in [3.63, 3.8) is 0 Å². The van der Waals surface area contributed by atoms with Crippen LogP contribution in [0.15, 0.2) is 36.7 Å². The van der Waals surface area contributed by atoms with E-state index in [2.05, 4.69) is 32.5 Å². The number of hydrogen-bond acceptors (Lipinski definition) is 5. The van der Waals surface area contributed by atoms with Crippen LogP contribution in [0.3, 0.4) is 0 Å². The highest BCUT2D eigenvalue weighted by atomic mass is 15.1. The van der Waals surface area contributed by atoms with Gasteiger partial charge in [0.15, 0.2) is 0 Å². The summed E-state index contributed by atoms with van der Waals surface area (Å²) >= 11 is 0. The number of rotatable bonds is 7. The molecular weight excluding hydrogens is 238 g/mol. The van der Waals surface area contributed by atoms with Gasteiger partial charge < -0.3 is 10.6 Å². The summed E-state index contributed by atoms with van der Waals surface area (Å²) in [6.45, 7) is 3.72. The van der Waals surface area contributed by atoms with Crippen molar-refractivity contribution in [3.05, 3.63) is 42.4 Å². The van der Waals surface area contributed by atoms with Gasteiger partial charge in [0.1, 0.15) is 5.82 Å². The summed E-state index contributed by atoms with van der Waals surface area (Å²) in [5.74, 6) is 1.47. The van der Waals surface area contributed by atoms with E-state index in [4.69, 9.17) is 0 Å². The van der Waals surface area contributed by atoms with Gasteiger partial charge in [0.05, 0.1) is 12.2 Å². The first-order valence-corrected chi connectivity index (χ1v) is 6.59. The normalized spacial score (nSPS) is 10.2. The Labute approximate surface area is 113 Å². The minimum Gasteiger partial charge on any atom is -0.364 e. The first-order chi connectivity index (χ1) is 9.38. The molecule has 0 saturated heterocycles. The molecule has 0 aromatic carbocycles. The van der Waals surface area contributed by atoms with Crippen molar-refractivity contribution in [3.8, 4) is 0 Å². The number of unbranched alkanes of at least 4 members (excludes halogenated alkanes) is 1. The predicted molar refractivity (Wildman–Crippen MR) is 77.0 cm³/mol. The molecule has 19 heavy (non-hydrogen) atoms. The predicted octanol–water partition coefficient (Wildman–Crippen LogP) is 2.70. The summed E-state index contributed by atoms with van der Waals surface area (Å²) < 4.78 is 0. The van der Waals surface area contributed by atoms with Gasteiger partial charge in [-0.25, -0.2) is 4.98 Å². The molecule has 0 radical (unpaired) electrons. The third-order valence-electron chi connectivity index (χ3n) is 2.65. The fourth-order valence-electron chi connectivity index (χ4n) is 1.60. The maximum absolute atomic E-state index is 4.40. The van der Waals surface area contributed by atoms with Crippen LogP contribution in [0.25, 0.3) is 0 Å². The molecule has 2 heterocycles. The van der Waals surface area contributed by atoms with Crippen LogP contribution in [0.5, 0.6) is 0 Å². The standard InChI is InChI=1S/C14H19N5/c1-2-3-8-16-14-17-10-7-13(19-14)18-11-12-6-4-5-9-15-12/h4-7,9-10H,2-3,8,11H2,1H3,(H2,16,17,18,19). The third kappa shape index (κ3) is 4.54. The smallest absolute Gasteiger partial charge is 0.224 e. The molecule has 0 aliphatic heterocycles. The molecular formula is C14H19N5. The fraction of sp³-hybridized carbons (Fsp3) is 0.357. The zero-order valence-electron chi connectivity index (χ0n) is 11.1. The van der Waals surface area contributed by atoms with Crippen LogP contribution in [0.2, 0.25) is 0 Å². The molecule has 0 fully saturated rings. The van der Waals surface area contributed by atoms with Crippen molar-refractivity contribution >= 4 is 11.8 Å². The lowest BCUT2D eigenvalue weighted by Gasteiger charge is -2.07. The van der Waals surface area contributed by atoms with E-state index in [1.807, 2.05) is 24.3 Å². The second-order valence-corrected chi connectivity index (χ2v) is 4.22. The van der Waals surface area contributed by atoms with Gasteiger partial charge >= 0.3 is 0 Å². The Hall–Kier alpha value is -2.17. The van der Waals surface area contributed by atoms with Gasteiger partial charge in [-0.15, -0.1) is 0 Å². The van der Waals surface area contributed by atoms with E-state index in [9.17, 15) is 0 Å². The van der Waals surface area contributed by atoms with Crippen molar-refractivity contribution in [2.24, 2.45) is 0 Å². The Morgan fingerprint density at radius 3 is 2.79 bits per heavy atom. The first kappa shape index (κ1) is 13.3. The van der Waals surface area contributed by atoms with Crippen LogP contribution in [0.1, 0.15) is 25.5 Å². The van der Waals surface area contributed by atoms with Crippen LogP contribution in [-0.4, -0.2) is 21.5 Å². The molecule has 5 nitrogen and oxygen atoms in total. The molecule has 2 rings (SSSR count). The Kier molecular flexibility index (Phi) is 5.10. The van der Waals surface area contributed by atoms with E-state index in [-0.39, 0.29) is 0 Å². The van der Waals surface area contributed by atoms with E-state index in [0.717, 1.165) is 30.9 Å². The molecule has 2 N–H and O–H groups in total. The summed E-state index contributed by atoms with van der Waals surface area (Å²) in [6, 6.07) is 7.72. The summed E-state index contributed by atoms with van der Waals surface area (Å²) in [7, 11) is 0. The van der Waals surface area contributed by atoms with E-state index in [1.54, 1.807) is 12.4 Å². The van der Waals surface area contributed by atoms with E-state index in [1.165, 1.54) is 0 Å². The average Bonchev–Trinajstić information content (AvgIpc) is 2.47. The second-order valence-electron chi connectivity index (χ2n) is 4.22. The molecule has 0 spiro atoms. The number of pyridine rings is 1. The number of aromatic nitrogens is 3. The second kappa shape index (κ2) is 7.31. The van der Waals surface area contributed by atoms with Gasteiger partial charge in [0.2, 0.25) is 5.95 Å². The summed E-state index contributed by atoms with van der Waals surface area (Å²) in [6.07, 6.45) is 5.82.